The Hall–Kier alpha value is -2.43. The topological polar surface area (TPSA) is 77.5 Å². The van der Waals surface area contributed by atoms with Gasteiger partial charge in [0, 0.05) is 0 Å². The summed E-state index contributed by atoms with van der Waals surface area (Å²) in [5.74, 6) is -1.74. The van der Waals surface area contributed by atoms with Crippen molar-refractivity contribution < 1.29 is 19.5 Å². The van der Waals surface area contributed by atoms with Gasteiger partial charge in [0.2, 0.25) is 11.8 Å². The highest BCUT2D eigenvalue weighted by molar-refractivity contribution is 6.22. The smallest absolute Gasteiger partial charge is 0.238 e. The van der Waals surface area contributed by atoms with Crippen molar-refractivity contribution >= 4 is 23.5 Å². The Morgan fingerprint density at radius 2 is 1.77 bits per heavy atom. The first-order chi connectivity index (χ1) is 10.5. The number of nitrogens with zero attached hydrogens (tertiary/aromatic N) is 1. The van der Waals surface area contributed by atoms with Crippen LogP contribution in [0.3, 0.4) is 0 Å². The predicted octanol–water partition coefficient (Wildman–Crippen LogP) is 0.752. The van der Waals surface area contributed by atoms with Crippen LogP contribution in [0.5, 0.6) is 0 Å². The van der Waals surface area contributed by atoms with Gasteiger partial charge in [-0.15, -0.1) is 0 Å². The molecule has 0 radical (unpaired) electrons. The number of aromatic carboxylic acids is 1. The molecular formula is C17H14NO4-. The average Bonchev–Trinajstić information content (AvgIpc) is 3.11. The lowest BCUT2D eigenvalue weighted by Gasteiger charge is -2.19. The number of carboxylic acid groups (broad SMARTS) is 1. The van der Waals surface area contributed by atoms with E-state index in [-0.39, 0.29) is 41.0 Å². The summed E-state index contributed by atoms with van der Waals surface area (Å²) in [5.41, 5.74) is 1.67. The van der Waals surface area contributed by atoms with Crippen molar-refractivity contribution in [3.05, 3.63) is 41.5 Å². The maximum atomic E-state index is 12.7. The summed E-state index contributed by atoms with van der Waals surface area (Å²) in [6.07, 6.45) is 3.02. The second kappa shape index (κ2) is 4.29. The van der Waals surface area contributed by atoms with Crippen molar-refractivity contribution in [1.82, 2.24) is 0 Å². The molecule has 1 aromatic rings. The van der Waals surface area contributed by atoms with Crippen LogP contribution in [-0.4, -0.2) is 17.8 Å². The number of carboxylic acids is 1. The van der Waals surface area contributed by atoms with Gasteiger partial charge in [-0.25, -0.2) is 0 Å². The number of rotatable bonds is 2. The standard InChI is InChI=1S/C17H15NO4/c1-8-6-10-7-12(8)14-13(10)15(19)18(16(14)20)11-4-2-9(3-5-11)17(21)22/h2-6,10,12-14H,7H2,1H3,(H,21,22)/p-1/t10-,12+,13+,14+/m0/s1. The quantitative estimate of drug-likeness (QED) is 0.596. The van der Waals surface area contributed by atoms with E-state index in [9.17, 15) is 19.5 Å². The lowest BCUT2D eigenvalue weighted by molar-refractivity contribution is -0.255. The number of allylic oxidation sites excluding steroid dienone is 2. The molecule has 0 aromatic heterocycles. The zero-order valence-corrected chi connectivity index (χ0v) is 12.0. The van der Waals surface area contributed by atoms with Crippen molar-refractivity contribution in [2.45, 2.75) is 13.3 Å². The van der Waals surface area contributed by atoms with Crippen LogP contribution in [-0.2, 0) is 9.59 Å². The van der Waals surface area contributed by atoms with Gasteiger partial charge >= 0.3 is 0 Å². The van der Waals surface area contributed by atoms with Gasteiger partial charge in [-0.3, -0.25) is 14.5 Å². The minimum atomic E-state index is -1.28. The largest absolute Gasteiger partial charge is 0.545 e. The van der Waals surface area contributed by atoms with E-state index in [0.717, 1.165) is 6.42 Å². The minimum absolute atomic E-state index is 0.0284. The molecule has 2 bridgehead atoms. The van der Waals surface area contributed by atoms with Gasteiger partial charge in [-0.1, -0.05) is 23.8 Å². The number of hydrogen-bond acceptors (Lipinski definition) is 4. The van der Waals surface area contributed by atoms with Crippen LogP contribution in [0, 0.1) is 23.7 Å². The molecule has 2 aliphatic carbocycles. The Balaban J connectivity index is 1.69. The fourth-order valence-corrected chi connectivity index (χ4v) is 4.28. The molecule has 0 unspecified atom stereocenters. The molecule has 5 heteroatoms. The Morgan fingerprint density at radius 3 is 2.41 bits per heavy atom. The van der Waals surface area contributed by atoms with E-state index in [0.29, 0.717) is 5.69 Å². The van der Waals surface area contributed by atoms with E-state index in [1.165, 1.54) is 34.7 Å². The van der Waals surface area contributed by atoms with Crippen LogP contribution in [0.2, 0.25) is 0 Å². The Morgan fingerprint density at radius 1 is 1.14 bits per heavy atom. The summed E-state index contributed by atoms with van der Waals surface area (Å²) in [4.78, 5) is 37.4. The zero-order chi connectivity index (χ0) is 15.6. The molecule has 4 atom stereocenters. The third-order valence-corrected chi connectivity index (χ3v) is 5.24. The van der Waals surface area contributed by atoms with Crippen LogP contribution in [0.15, 0.2) is 35.9 Å². The van der Waals surface area contributed by atoms with E-state index in [1.807, 2.05) is 6.92 Å². The number of carbonyl (C=O) groups excluding carboxylic acids is 3. The van der Waals surface area contributed by atoms with Crippen LogP contribution in [0.1, 0.15) is 23.7 Å². The Kier molecular flexibility index (Phi) is 2.58. The fraction of sp³-hybridized carbons (Fsp3) is 0.353. The number of amides is 2. The van der Waals surface area contributed by atoms with Gasteiger partial charge in [0.15, 0.2) is 0 Å². The SMILES string of the molecule is CC1=C[C@H]2C[C@H]1[C@H]1C(=O)N(c3ccc(C(=O)[O-])cc3)C(=O)[C@@H]12. The number of carbonyl (C=O) groups is 3. The van der Waals surface area contributed by atoms with Gasteiger partial charge in [0.05, 0.1) is 23.5 Å². The second-order valence-corrected chi connectivity index (χ2v) is 6.31. The Bertz CT molecular complexity index is 734. The highest BCUT2D eigenvalue weighted by Crippen LogP contribution is 2.55. The first kappa shape index (κ1) is 13.2. The molecule has 112 valence electrons. The third-order valence-electron chi connectivity index (χ3n) is 5.24. The maximum Gasteiger partial charge on any atom is 0.238 e. The van der Waals surface area contributed by atoms with Crippen molar-refractivity contribution in [3.8, 4) is 0 Å². The van der Waals surface area contributed by atoms with Crippen molar-refractivity contribution in [2.75, 3.05) is 4.90 Å². The molecule has 3 aliphatic rings. The molecule has 1 heterocycles. The molecule has 2 fully saturated rings. The van der Waals surface area contributed by atoms with E-state index in [2.05, 4.69) is 6.08 Å². The molecule has 5 nitrogen and oxygen atoms in total. The molecular weight excluding hydrogens is 282 g/mol. The zero-order valence-electron chi connectivity index (χ0n) is 12.0. The van der Waals surface area contributed by atoms with Crippen molar-refractivity contribution in [2.24, 2.45) is 23.7 Å². The predicted molar refractivity (Wildman–Crippen MR) is 75.6 cm³/mol. The van der Waals surface area contributed by atoms with Crippen LogP contribution < -0.4 is 10.0 Å². The molecule has 1 aromatic carbocycles. The van der Waals surface area contributed by atoms with Gasteiger partial charge in [0.1, 0.15) is 0 Å². The molecule has 1 saturated heterocycles. The van der Waals surface area contributed by atoms with Gasteiger partial charge < -0.3 is 9.90 Å². The van der Waals surface area contributed by atoms with E-state index >= 15 is 0 Å². The number of anilines is 1. The van der Waals surface area contributed by atoms with Crippen LogP contribution in [0.4, 0.5) is 5.69 Å². The van der Waals surface area contributed by atoms with Gasteiger partial charge in [0.25, 0.3) is 0 Å². The Labute approximate surface area is 127 Å². The van der Waals surface area contributed by atoms with E-state index < -0.39 is 5.97 Å². The lowest BCUT2D eigenvalue weighted by atomic mass is 9.82. The molecule has 2 amide bonds. The molecule has 4 rings (SSSR count). The number of fused-ring (bicyclic) bond motifs is 5. The average molecular weight is 296 g/mol. The molecule has 0 N–H and O–H groups in total. The van der Waals surface area contributed by atoms with Crippen LogP contribution >= 0.6 is 0 Å². The van der Waals surface area contributed by atoms with Crippen molar-refractivity contribution in [1.29, 1.82) is 0 Å². The molecule has 22 heavy (non-hydrogen) atoms. The summed E-state index contributed by atoms with van der Waals surface area (Å²) < 4.78 is 0. The number of benzene rings is 1. The summed E-state index contributed by atoms with van der Waals surface area (Å²) in [7, 11) is 0. The highest BCUT2D eigenvalue weighted by Gasteiger charge is 2.60. The highest BCUT2D eigenvalue weighted by atomic mass is 16.4. The first-order valence-corrected chi connectivity index (χ1v) is 7.36. The molecule has 1 aliphatic heterocycles. The number of imide groups is 1. The van der Waals surface area contributed by atoms with Gasteiger partial charge in [-0.2, -0.15) is 0 Å². The fourth-order valence-electron chi connectivity index (χ4n) is 4.28. The first-order valence-electron chi connectivity index (χ1n) is 7.36. The third kappa shape index (κ3) is 1.56. The molecule has 1 saturated carbocycles. The second-order valence-electron chi connectivity index (χ2n) is 6.31. The summed E-state index contributed by atoms with van der Waals surface area (Å²) in [6.45, 7) is 2.02. The number of hydrogen-bond donors (Lipinski definition) is 0. The lowest BCUT2D eigenvalue weighted by Crippen LogP contribution is -2.33. The minimum Gasteiger partial charge on any atom is -0.545 e. The summed E-state index contributed by atoms with van der Waals surface area (Å²) >= 11 is 0. The van der Waals surface area contributed by atoms with Crippen LogP contribution in [0.25, 0.3) is 0 Å². The monoisotopic (exact) mass is 296 g/mol. The maximum absolute atomic E-state index is 12.7. The molecule has 0 spiro atoms. The normalized spacial score (nSPS) is 32.4. The van der Waals surface area contributed by atoms with Gasteiger partial charge in [-0.05, 0) is 42.9 Å². The summed E-state index contributed by atoms with van der Waals surface area (Å²) in [6, 6.07) is 5.70. The van der Waals surface area contributed by atoms with E-state index in [4.69, 9.17) is 0 Å². The van der Waals surface area contributed by atoms with Crippen molar-refractivity contribution in [3.63, 3.8) is 0 Å². The van der Waals surface area contributed by atoms with E-state index in [1.54, 1.807) is 0 Å². The summed E-state index contributed by atoms with van der Waals surface area (Å²) in [5, 5.41) is 10.8.